The summed E-state index contributed by atoms with van der Waals surface area (Å²) in [6.07, 6.45) is 0. The average Bonchev–Trinajstić information content (AvgIpc) is 2.28. The highest BCUT2D eigenvalue weighted by Crippen LogP contribution is 2.12. The highest BCUT2D eigenvalue weighted by atomic mass is 16.5. The summed E-state index contributed by atoms with van der Waals surface area (Å²) in [4.78, 5) is 26.8. The van der Waals surface area contributed by atoms with Crippen molar-refractivity contribution in [2.24, 2.45) is 5.73 Å². The van der Waals surface area contributed by atoms with Gasteiger partial charge in [0.1, 0.15) is 12.6 Å². The van der Waals surface area contributed by atoms with Crippen LogP contribution in [0.3, 0.4) is 0 Å². The van der Waals surface area contributed by atoms with Crippen molar-refractivity contribution < 1.29 is 14.3 Å². The third-order valence-electron chi connectivity index (χ3n) is 3.06. The molecule has 6 nitrogen and oxygen atoms in total. The first-order chi connectivity index (χ1) is 7.97. The Labute approximate surface area is 102 Å². The van der Waals surface area contributed by atoms with Crippen LogP contribution in [-0.4, -0.2) is 67.0 Å². The average molecular weight is 243 g/mol. The monoisotopic (exact) mass is 243 g/mol. The SMILES string of the molecule is COCC(=O)N1CCN(C(C)C)CC1C(N)=O. The van der Waals surface area contributed by atoms with Crippen molar-refractivity contribution in [2.75, 3.05) is 33.4 Å². The van der Waals surface area contributed by atoms with Crippen LogP contribution in [0, 0.1) is 0 Å². The van der Waals surface area contributed by atoms with Gasteiger partial charge in [0.2, 0.25) is 11.8 Å². The predicted molar refractivity (Wildman–Crippen MR) is 63.3 cm³/mol. The number of methoxy groups -OCH3 is 1. The fraction of sp³-hybridized carbons (Fsp3) is 0.818. The molecule has 1 unspecified atom stereocenters. The third kappa shape index (κ3) is 3.41. The normalized spacial score (nSPS) is 21.9. The summed E-state index contributed by atoms with van der Waals surface area (Å²) in [5.74, 6) is -0.639. The van der Waals surface area contributed by atoms with Gasteiger partial charge in [-0.25, -0.2) is 0 Å². The maximum atomic E-state index is 11.8. The summed E-state index contributed by atoms with van der Waals surface area (Å²) in [5, 5.41) is 0. The van der Waals surface area contributed by atoms with Crippen LogP contribution in [0.1, 0.15) is 13.8 Å². The number of primary amides is 1. The van der Waals surface area contributed by atoms with Gasteiger partial charge in [-0.15, -0.1) is 0 Å². The molecule has 0 saturated carbocycles. The van der Waals surface area contributed by atoms with Crippen LogP contribution < -0.4 is 5.73 Å². The number of carbonyl (C=O) groups is 2. The topological polar surface area (TPSA) is 75.9 Å². The van der Waals surface area contributed by atoms with Crippen molar-refractivity contribution in [3.8, 4) is 0 Å². The van der Waals surface area contributed by atoms with Gasteiger partial charge in [-0.05, 0) is 13.8 Å². The molecule has 0 aromatic rings. The van der Waals surface area contributed by atoms with Crippen LogP contribution in [0.4, 0.5) is 0 Å². The molecule has 17 heavy (non-hydrogen) atoms. The second kappa shape index (κ2) is 5.97. The molecule has 1 heterocycles. The molecule has 0 spiro atoms. The van der Waals surface area contributed by atoms with Gasteiger partial charge >= 0.3 is 0 Å². The summed E-state index contributed by atoms with van der Waals surface area (Å²) in [5.41, 5.74) is 5.35. The largest absolute Gasteiger partial charge is 0.375 e. The van der Waals surface area contributed by atoms with Gasteiger partial charge in [-0.1, -0.05) is 0 Å². The Kier molecular flexibility index (Phi) is 4.89. The molecule has 1 rings (SSSR count). The fourth-order valence-corrected chi connectivity index (χ4v) is 2.02. The molecule has 2 amide bonds. The van der Waals surface area contributed by atoms with Crippen LogP contribution in [-0.2, 0) is 14.3 Å². The number of piperazine rings is 1. The van der Waals surface area contributed by atoms with E-state index in [1.54, 1.807) is 0 Å². The number of carbonyl (C=O) groups excluding carboxylic acids is 2. The Morgan fingerprint density at radius 2 is 2.06 bits per heavy atom. The van der Waals surface area contributed by atoms with Crippen LogP contribution in [0.15, 0.2) is 0 Å². The lowest BCUT2D eigenvalue weighted by atomic mass is 10.1. The van der Waals surface area contributed by atoms with Gasteiger partial charge in [0.05, 0.1) is 0 Å². The summed E-state index contributed by atoms with van der Waals surface area (Å²) in [6.45, 7) is 5.90. The second-order valence-corrected chi connectivity index (χ2v) is 4.53. The summed E-state index contributed by atoms with van der Waals surface area (Å²) < 4.78 is 4.80. The summed E-state index contributed by atoms with van der Waals surface area (Å²) >= 11 is 0. The van der Waals surface area contributed by atoms with Crippen molar-refractivity contribution in [2.45, 2.75) is 25.9 Å². The maximum absolute atomic E-state index is 11.8. The Balaban J connectivity index is 2.72. The van der Waals surface area contributed by atoms with E-state index in [1.807, 2.05) is 0 Å². The molecule has 0 aliphatic carbocycles. The number of nitrogens with two attached hydrogens (primary N) is 1. The summed E-state index contributed by atoms with van der Waals surface area (Å²) in [6, 6.07) is -0.203. The van der Waals surface area contributed by atoms with Gasteiger partial charge in [0.25, 0.3) is 0 Å². The molecule has 6 heteroatoms. The van der Waals surface area contributed by atoms with Crippen molar-refractivity contribution in [3.63, 3.8) is 0 Å². The summed E-state index contributed by atoms with van der Waals surface area (Å²) in [7, 11) is 1.46. The molecule has 0 aromatic heterocycles. The van der Waals surface area contributed by atoms with Crippen LogP contribution in [0.2, 0.25) is 0 Å². The first kappa shape index (κ1) is 13.9. The Bertz CT molecular complexity index is 294. The Hall–Kier alpha value is -1.14. The number of rotatable bonds is 4. The smallest absolute Gasteiger partial charge is 0.249 e. The van der Waals surface area contributed by atoms with Crippen molar-refractivity contribution in [1.82, 2.24) is 9.80 Å². The highest BCUT2D eigenvalue weighted by Gasteiger charge is 2.34. The zero-order chi connectivity index (χ0) is 13.0. The zero-order valence-electron chi connectivity index (χ0n) is 10.7. The van der Waals surface area contributed by atoms with Gasteiger partial charge in [0, 0.05) is 32.8 Å². The molecular weight excluding hydrogens is 222 g/mol. The number of hydrogen-bond donors (Lipinski definition) is 1. The van der Waals surface area contributed by atoms with E-state index >= 15 is 0 Å². The van der Waals surface area contributed by atoms with Crippen molar-refractivity contribution >= 4 is 11.8 Å². The highest BCUT2D eigenvalue weighted by molar-refractivity contribution is 5.87. The van der Waals surface area contributed by atoms with E-state index in [9.17, 15) is 9.59 Å². The van der Waals surface area contributed by atoms with Crippen LogP contribution in [0.5, 0.6) is 0 Å². The van der Waals surface area contributed by atoms with E-state index in [1.165, 1.54) is 12.0 Å². The quantitative estimate of drug-likeness (QED) is 0.690. The molecule has 98 valence electrons. The lowest BCUT2D eigenvalue weighted by molar-refractivity contribution is -0.146. The number of ether oxygens (including phenoxy) is 1. The lowest BCUT2D eigenvalue weighted by Crippen LogP contribution is -2.61. The molecule has 1 aliphatic rings. The van der Waals surface area contributed by atoms with Gasteiger partial charge < -0.3 is 15.4 Å². The maximum Gasteiger partial charge on any atom is 0.249 e. The first-order valence-corrected chi connectivity index (χ1v) is 5.79. The molecule has 2 N–H and O–H groups in total. The molecule has 1 aliphatic heterocycles. The molecule has 0 radical (unpaired) electrons. The predicted octanol–water partition coefficient (Wildman–Crippen LogP) is -0.961. The van der Waals surface area contributed by atoms with Crippen LogP contribution in [0.25, 0.3) is 0 Å². The lowest BCUT2D eigenvalue weighted by Gasteiger charge is -2.41. The van der Waals surface area contributed by atoms with E-state index in [0.717, 1.165) is 6.54 Å². The van der Waals surface area contributed by atoms with Gasteiger partial charge in [-0.2, -0.15) is 0 Å². The molecule has 0 aromatic carbocycles. The Morgan fingerprint density at radius 1 is 1.41 bits per heavy atom. The van der Waals surface area contributed by atoms with E-state index in [-0.39, 0.29) is 12.5 Å². The van der Waals surface area contributed by atoms with E-state index in [2.05, 4.69) is 18.7 Å². The van der Waals surface area contributed by atoms with Gasteiger partial charge in [-0.3, -0.25) is 14.5 Å². The minimum atomic E-state index is -0.547. The molecule has 1 fully saturated rings. The zero-order valence-corrected chi connectivity index (χ0v) is 10.7. The number of hydrogen-bond acceptors (Lipinski definition) is 4. The standard InChI is InChI=1S/C11H21N3O3/c1-8(2)13-4-5-14(10(15)7-17-3)9(6-13)11(12)16/h8-9H,4-7H2,1-3H3,(H2,12,16). The van der Waals surface area contributed by atoms with Gasteiger partial charge in [0.15, 0.2) is 0 Å². The number of amides is 2. The molecule has 0 bridgehead atoms. The second-order valence-electron chi connectivity index (χ2n) is 4.53. The minimum Gasteiger partial charge on any atom is -0.375 e. The molecule has 1 atom stereocenters. The van der Waals surface area contributed by atoms with Crippen molar-refractivity contribution in [1.29, 1.82) is 0 Å². The first-order valence-electron chi connectivity index (χ1n) is 5.79. The van der Waals surface area contributed by atoms with Crippen LogP contribution >= 0.6 is 0 Å². The Morgan fingerprint density at radius 3 is 2.53 bits per heavy atom. The third-order valence-corrected chi connectivity index (χ3v) is 3.06. The molecule has 1 saturated heterocycles. The van der Waals surface area contributed by atoms with E-state index in [4.69, 9.17) is 10.5 Å². The number of nitrogens with zero attached hydrogens (tertiary/aromatic N) is 2. The van der Waals surface area contributed by atoms with Crippen molar-refractivity contribution in [3.05, 3.63) is 0 Å². The molecular formula is C11H21N3O3. The van der Waals surface area contributed by atoms with E-state index in [0.29, 0.717) is 19.1 Å². The fourth-order valence-electron chi connectivity index (χ4n) is 2.02. The minimum absolute atomic E-state index is 0.00847. The van der Waals surface area contributed by atoms with E-state index < -0.39 is 11.9 Å².